The number of nitrogens with one attached hydrogen (secondary N) is 2. The van der Waals surface area contributed by atoms with Gasteiger partial charge in [0, 0.05) is 29.2 Å². The molecule has 1 saturated heterocycles. The molecule has 3 aromatic rings. The first kappa shape index (κ1) is 20.1. The molecule has 160 valence electrons. The van der Waals surface area contributed by atoms with E-state index in [9.17, 15) is 9.59 Å². The van der Waals surface area contributed by atoms with Gasteiger partial charge in [-0.05, 0) is 36.6 Å². The maximum atomic E-state index is 13.6. The Morgan fingerprint density at radius 1 is 1.19 bits per heavy atom. The Bertz CT molecular complexity index is 1190. The van der Waals surface area contributed by atoms with Crippen LogP contribution in [-0.4, -0.2) is 30.8 Å². The van der Waals surface area contributed by atoms with Crippen LogP contribution in [0.5, 0.6) is 0 Å². The largest absolute Gasteiger partial charge is 0.398 e. The zero-order valence-corrected chi connectivity index (χ0v) is 17.8. The van der Waals surface area contributed by atoms with Gasteiger partial charge in [-0.1, -0.05) is 36.4 Å². The lowest BCUT2D eigenvalue weighted by molar-refractivity contribution is -0.124. The molecule has 1 fully saturated rings. The highest BCUT2D eigenvalue weighted by Crippen LogP contribution is 2.49. The van der Waals surface area contributed by atoms with Crippen LogP contribution < -0.4 is 27.8 Å². The van der Waals surface area contributed by atoms with Gasteiger partial charge < -0.3 is 27.8 Å². The number of piperidine rings is 1. The number of nitrogen functional groups attached to an aromatic ring is 1. The lowest BCUT2D eigenvalue weighted by Gasteiger charge is -2.36. The van der Waals surface area contributed by atoms with E-state index in [1.165, 1.54) is 11.3 Å². The van der Waals surface area contributed by atoms with Crippen molar-refractivity contribution < 1.29 is 9.59 Å². The molecule has 3 unspecified atom stereocenters. The van der Waals surface area contributed by atoms with Crippen molar-refractivity contribution in [3.8, 4) is 0 Å². The molecule has 2 heterocycles. The molecule has 8 heteroatoms. The average molecular weight is 436 g/mol. The van der Waals surface area contributed by atoms with Gasteiger partial charge in [0.15, 0.2) is 5.78 Å². The summed E-state index contributed by atoms with van der Waals surface area (Å²) in [6.45, 7) is 1.68. The molecule has 8 N–H and O–H groups in total. The first-order valence-electron chi connectivity index (χ1n) is 10.4. The summed E-state index contributed by atoms with van der Waals surface area (Å²) < 4.78 is 0.744. The highest BCUT2D eigenvalue weighted by Gasteiger charge is 2.48. The van der Waals surface area contributed by atoms with Crippen molar-refractivity contribution in [2.24, 2.45) is 11.5 Å². The molecular weight excluding hydrogens is 410 g/mol. The zero-order valence-electron chi connectivity index (χ0n) is 17.0. The van der Waals surface area contributed by atoms with Crippen molar-refractivity contribution in [1.29, 1.82) is 0 Å². The number of carbonyl (C=O) groups is 2. The normalized spacial score (nSPS) is 25.5. The molecular formula is C23H25N5O2S. The Balaban J connectivity index is 1.69. The van der Waals surface area contributed by atoms with Crippen LogP contribution in [0.4, 0.5) is 5.69 Å². The Labute approximate surface area is 184 Å². The lowest BCUT2D eigenvalue weighted by atomic mass is 9.70. The molecule has 3 atom stereocenters. The molecule has 1 aliphatic heterocycles. The SMILES string of the molecule is Nc1ccc2c3c(c(C(=O)NC4CCCNC4)sc13)C(N)C(=O)C2(N)c1ccccc1. The summed E-state index contributed by atoms with van der Waals surface area (Å²) in [6.07, 6.45) is 1.92. The van der Waals surface area contributed by atoms with E-state index in [2.05, 4.69) is 10.6 Å². The van der Waals surface area contributed by atoms with Crippen molar-refractivity contribution in [2.75, 3.05) is 18.8 Å². The van der Waals surface area contributed by atoms with Gasteiger partial charge in [0.25, 0.3) is 5.91 Å². The molecule has 2 aromatic carbocycles. The van der Waals surface area contributed by atoms with Gasteiger partial charge in [-0.15, -0.1) is 11.3 Å². The van der Waals surface area contributed by atoms with Crippen LogP contribution in [0.1, 0.15) is 45.2 Å². The van der Waals surface area contributed by atoms with Gasteiger partial charge in [0.2, 0.25) is 0 Å². The van der Waals surface area contributed by atoms with Crippen LogP contribution in [0.2, 0.25) is 0 Å². The summed E-state index contributed by atoms with van der Waals surface area (Å²) in [7, 11) is 0. The van der Waals surface area contributed by atoms with Crippen molar-refractivity contribution >= 4 is 38.8 Å². The first-order chi connectivity index (χ1) is 14.9. The molecule has 1 aliphatic carbocycles. The van der Waals surface area contributed by atoms with Crippen molar-refractivity contribution in [1.82, 2.24) is 10.6 Å². The number of hydrogen-bond acceptors (Lipinski definition) is 7. The number of carbonyl (C=O) groups excluding carboxylic acids is 2. The molecule has 1 amide bonds. The molecule has 5 rings (SSSR count). The quantitative estimate of drug-likeness (QED) is 0.398. The number of benzene rings is 2. The van der Waals surface area contributed by atoms with Crippen molar-refractivity contribution in [3.05, 3.63) is 64.0 Å². The number of amides is 1. The molecule has 1 aromatic heterocycles. The summed E-state index contributed by atoms with van der Waals surface area (Å²) >= 11 is 1.28. The summed E-state index contributed by atoms with van der Waals surface area (Å²) in [5, 5.41) is 7.12. The Morgan fingerprint density at radius 3 is 2.68 bits per heavy atom. The number of Topliss-reactive ketones (excluding diaryl/α,β-unsaturated/α-hetero) is 1. The minimum atomic E-state index is -1.40. The standard InChI is InChI=1S/C23H25N5O2S/c24-15-9-8-14-16-17(18(25)21(29)23(14,26)12-5-2-1-3-6-12)20(31-19(15)16)22(30)28-13-7-4-10-27-11-13/h1-3,5-6,8-9,13,18,27H,4,7,10-11,24-26H2,(H,28,30). The van der Waals surface area contributed by atoms with E-state index in [0.717, 1.165) is 36.0 Å². The van der Waals surface area contributed by atoms with E-state index in [-0.39, 0.29) is 17.7 Å². The van der Waals surface area contributed by atoms with Gasteiger partial charge in [-0.2, -0.15) is 0 Å². The summed E-state index contributed by atoms with van der Waals surface area (Å²) in [5.41, 5.74) is 20.5. The predicted molar refractivity (Wildman–Crippen MR) is 123 cm³/mol. The van der Waals surface area contributed by atoms with Crippen molar-refractivity contribution in [2.45, 2.75) is 30.5 Å². The number of ketones is 1. The second-order valence-corrected chi connectivity index (χ2v) is 9.30. The number of nitrogens with two attached hydrogens (primary N) is 3. The zero-order chi connectivity index (χ0) is 21.8. The van der Waals surface area contributed by atoms with E-state index >= 15 is 0 Å². The van der Waals surface area contributed by atoms with Crippen LogP contribution in [0.15, 0.2) is 42.5 Å². The number of anilines is 1. The topological polar surface area (TPSA) is 136 Å². The Hall–Kier alpha value is -2.78. The third-order valence-electron chi connectivity index (χ3n) is 6.38. The van der Waals surface area contributed by atoms with Crippen LogP contribution >= 0.6 is 11.3 Å². The van der Waals surface area contributed by atoms with Crippen LogP contribution in [-0.2, 0) is 10.3 Å². The van der Waals surface area contributed by atoms with Gasteiger partial charge in [0.05, 0.1) is 15.6 Å². The van der Waals surface area contributed by atoms with E-state index in [1.807, 2.05) is 30.3 Å². The van der Waals surface area contributed by atoms with Gasteiger partial charge in [-0.25, -0.2) is 0 Å². The van der Waals surface area contributed by atoms with Gasteiger partial charge in [-0.3, -0.25) is 9.59 Å². The van der Waals surface area contributed by atoms with E-state index in [1.54, 1.807) is 12.1 Å². The second kappa shape index (κ2) is 7.42. The highest BCUT2D eigenvalue weighted by molar-refractivity contribution is 7.21. The fraction of sp³-hybridized carbons (Fsp3) is 0.304. The minimum Gasteiger partial charge on any atom is -0.398 e. The maximum absolute atomic E-state index is 13.6. The fourth-order valence-electron chi connectivity index (χ4n) is 4.77. The molecule has 7 nitrogen and oxygen atoms in total. The van der Waals surface area contributed by atoms with E-state index in [4.69, 9.17) is 17.2 Å². The van der Waals surface area contributed by atoms with Crippen LogP contribution in [0, 0.1) is 0 Å². The molecule has 0 spiro atoms. The first-order valence-corrected chi connectivity index (χ1v) is 11.3. The third-order valence-corrected chi connectivity index (χ3v) is 7.63. The van der Waals surface area contributed by atoms with Crippen LogP contribution in [0.25, 0.3) is 10.1 Å². The minimum absolute atomic E-state index is 0.0453. The average Bonchev–Trinajstić information content (AvgIpc) is 3.20. The molecule has 0 radical (unpaired) electrons. The highest BCUT2D eigenvalue weighted by atomic mass is 32.1. The Kier molecular flexibility index (Phi) is 4.82. The summed E-state index contributed by atoms with van der Waals surface area (Å²) in [5.74, 6) is -0.549. The monoisotopic (exact) mass is 435 g/mol. The summed E-state index contributed by atoms with van der Waals surface area (Å²) in [6, 6.07) is 11.8. The van der Waals surface area contributed by atoms with Crippen LogP contribution in [0.3, 0.4) is 0 Å². The second-order valence-electron chi connectivity index (χ2n) is 8.28. The lowest BCUT2D eigenvalue weighted by Crippen LogP contribution is -2.52. The smallest absolute Gasteiger partial charge is 0.262 e. The molecule has 2 aliphatic rings. The van der Waals surface area contributed by atoms with E-state index in [0.29, 0.717) is 27.3 Å². The summed E-state index contributed by atoms with van der Waals surface area (Å²) in [4.78, 5) is 27.2. The van der Waals surface area contributed by atoms with Gasteiger partial charge >= 0.3 is 0 Å². The van der Waals surface area contributed by atoms with E-state index < -0.39 is 11.6 Å². The predicted octanol–water partition coefficient (Wildman–Crippen LogP) is 1.75. The maximum Gasteiger partial charge on any atom is 0.262 e. The van der Waals surface area contributed by atoms with Crippen molar-refractivity contribution in [3.63, 3.8) is 0 Å². The number of rotatable bonds is 3. The van der Waals surface area contributed by atoms with Gasteiger partial charge in [0.1, 0.15) is 5.54 Å². The molecule has 0 saturated carbocycles. The molecule has 0 bridgehead atoms. The Morgan fingerprint density at radius 2 is 1.97 bits per heavy atom. The number of hydrogen-bond donors (Lipinski definition) is 5. The fourth-order valence-corrected chi connectivity index (χ4v) is 5.98. The third kappa shape index (κ3) is 2.98. The molecule has 31 heavy (non-hydrogen) atoms. The number of thiophene rings is 1.